The van der Waals surface area contributed by atoms with E-state index >= 15 is 0 Å². The molecule has 0 radical (unpaired) electrons. The van der Waals surface area contributed by atoms with Gasteiger partial charge in [-0.2, -0.15) is 0 Å². The highest BCUT2D eigenvalue weighted by molar-refractivity contribution is 7.05. The predicted molar refractivity (Wildman–Crippen MR) is 40.5 cm³/mol. The first-order chi connectivity index (χ1) is 4.88. The van der Waals surface area contributed by atoms with Gasteiger partial charge in [0, 0.05) is 0 Å². The summed E-state index contributed by atoms with van der Waals surface area (Å²) in [5.74, 6) is 2.57. The second-order valence-corrected chi connectivity index (χ2v) is 2.53. The quantitative estimate of drug-likeness (QED) is 0.626. The van der Waals surface area contributed by atoms with Crippen LogP contribution in [0.5, 0.6) is 0 Å². The van der Waals surface area contributed by atoms with Gasteiger partial charge in [0.05, 0.1) is 11.1 Å². The van der Waals surface area contributed by atoms with Gasteiger partial charge in [-0.3, -0.25) is 0 Å². The van der Waals surface area contributed by atoms with E-state index in [1.54, 1.807) is 6.20 Å². The largest absolute Gasteiger partial charge is 0.302 e. The van der Waals surface area contributed by atoms with Crippen molar-refractivity contribution in [2.45, 2.75) is 6.04 Å². The third kappa shape index (κ3) is 1.32. The Balaban J connectivity index is 2.76. The van der Waals surface area contributed by atoms with Gasteiger partial charge < -0.3 is 5.32 Å². The predicted octanol–water partition coefficient (Wildman–Crippen LogP) is 0.432. The molecule has 1 atom stereocenters. The fourth-order valence-corrected chi connectivity index (χ4v) is 1.18. The number of nitrogens with zero attached hydrogens (tertiary/aromatic N) is 2. The van der Waals surface area contributed by atoms with E-state index in [4.69, 9.17) is 6.42 Å². The fourth-order valence-electron chi connectivity index (χ4n) is 0.610. The Kier molecular flexibility index (Phi) is 2.37. The minimum absolute atomic E-state index is 0.0417. The first-order valence-corrected chi connectivity index (χ1v) is 3.56. The van der Waals surface area contributed by atoms with E-state index in [1.807, 2.05) is 7.05 Å². The summed E-state index contributed by atoms with van der Waals surface area (Å²) in [6.07, 6.45) is 6.89. The third-order valence-corrected chi connectivity index (χ3v) is 1.85. The van der Waals surface area contributed by atoms with Gasteiger partial charge in [0.2, 0.25) is 0 Å². The second kappa shape index (κ2) is 3.30. The lowest BCUT2D eigenvalue weighted by molar-refractivity contribution is 0.747. The van der Waals surface area contributed by atoms with Crippen LogP contribution in [0.2, 0.25) is 0 Å². The highest BCUT2D eigenvalue weighted by atomic mass is 32.1. The van der Waals surface area contributed by atoms with E-state index in [1.165, 1.54) is 11.5 Å². The summed E-state index contributed by atoms with van der Waals surface area (Å²) in [7, 11) is 1.81. The molecular formula is C6H7N3S. The van der Waals surface area contributed by atoms with E-state index in [0.29, 0.717) is 0 Å². The van der Waals surface area contributed by atoms with Gasteiger partial charge in [-0.15, -0.1) is 11.5 Å². The Morgan fingerprint density at radius 3 is 3.10 bits per heavy atom. The SMILES string of the molecule is C#CC(NC)c1cnns1. The van der Waals surface area contributed by atoms with Gasteiger partial charge in [-0.1, -0.05) is 10.4 Å². The highest BCUT2D eigenvalue weighted by Gasteiger charge is 2.06. The molecule has 4 heteroatoms. The topological polar surface area (TPSA) is 37.8 Å². The molecule has 0 saturated carbocycles. The van der Waals surface area contributed by atoms with Crippen LogP contribution in [0.4, 0.5) is 0 Å². The van der Waals surface area contributed by atoms with Crippen LogP contribution in [0.15, 0.2) is 6.20 Å². The summed E-state index contributed by atoms with van der Waals surface area (Å²) in [5, 5.41) is 6.62. The maximum Gasteiger partial charge on any atom is 0.107 e. The van der Waals surface area contributed by atoms with Gasteiger partial charge in [0.15, 0.2) is 0 Å². The molecule has 1 unspecified atom stereocenters. The molecule has 0 spiro atoms. The molecule has 1 heterocycles. The number of terminal acetylenes is 1. The van der Waals surface area contributed by atoms with Crippen LogP contribution in [-0.2, 0) is 0 Å². The number of aromatic nitrogens is 2. The minimum atomic E-state index is -0.0417. The van der Waals surface area contributed by atoms with Crippen LogP contribution < -0.4 is 5.32 Å². The van der Waals surface area contributed by atoms with E-state index in [-0.39, 0.29) is 6.04 Å². The van der Waals surface area contributed by atoms with Crippen molar-refractivity contribution in [3.05, 3.63) is 11.1 Å². The van der Waals surface area contributed by atoms with Crippen molar-refractivity contribution >= 4 is 11.5 Å². The first-order valence-electron chi connectivity index (χ1n) is 2.79. The molecule has 1 aromatic heterocycles. The van der Waals surface area contributed by atoms with E-state index < -0.39 is 0 Å². The molecule has 0 saturated heterocycles. The van der Waals surface area contributed by atoms with Gasteiger partial charge in [0.1, 0.15) is 6.04 Å². The van der Waals surface area contributed by atoms with Crippen molar-refractivity contribution in [1.82, 2.24) is 14.9 Å². The maximum atomic E-state index is 5.21. The van der Waals surface area contributed by atoms with Crippen LogP contribution in [0, 0.1) is 12.3 Å². The molecule has 52 valence electrons. The number of rotatable bonds is 2. The Bertz CT molecular complexity index is 224. The lowest BCUT2D eigenvalue weighted by atomic mass is 10.3. The molecule has 0 aliphatic heterocycles. The zero-order valence-corrected chi connectivity index (χ0v) is 6.35. The molecule has 0 amide bonds. The maximum absolute atomic E-state index is 5.21. The van der Waals surface area contributed by atoms with Crippen molar-refractivity contribution in [2.75, 3.05) is 7.05 Å². The molecule has 1 N–H and O–H groups in total. The van der Waals surface area contributed by atoms with Crippen molar-refractivity contribution < 1.29 is 0 Å². The lowest BCUT2D eigenvalue weighted by Crippen LogP contribution is -2.12. The zero-order valence-electron chi connectivity index (χ0n) is 5.53. The third-order valence-electron chi connectivity index (χ3n) is 1.12. The summed E-state index contributed by atoms with van der Waals surface area (Å²) in [6.45, 7) is 0. The lowest BCUT2D eigenvalue weighted by Gasteiger charge is -2.02. The summed E-state index contributed by atoms with van der Waals surface area (Å²) < 4.78 is 3.70. The summed E-state index contributed by atoms with van der Waals surface area (Å²) in [4.78, 5) is 0.977. The molecule has 3 nitrogen and oxygen atoms in total. The van der Waals surface area contributed by atoms with Crippen molar-refractivity contribution in [1.29, 1.82) is 0 Å². The smallest absolute Gasteiger partial charge is 0.107 e. The molecule has 0 fully saturated rings. The Hall–Kier alpha value is -0.920. The van der Waals surface area contributed by atoms with E-state index in [2.05, 4.69) is 20.8 Å². The van der Waals surface area contributed by atoms with Crippen LogP contribution in [-0.4, -0.2) is 16.6 Å². The van der Waals surface area contributed by atoms with Crippen molar-refractivity contribution in [3.8, 4) is 12.3 Å². The fraction of sp³-hybridized carbons (Fsp3) is 0.333. The molecule has 0 aliphatic carbocycles. The van der Waals surface area contributed by atoms with E-state index in [0.717, 1.165) is 4.88 Å². The van der Waals surface area contributed by atoms with Gasteiger partial charge in [-0.25, -0.2) is 0 Å². The highest BCUT2D eigenvalue weighted by Crippen LogP contribution is 2.12. The van der Waals surface area contributed by atoms with Crippen molar-refractivity contribution in [3.63, 3.8) is 0 Å². The molecule has 10 heavy (non-hydrogen) atoms. The number of hydrogen-bond donors (Lipinski definition) is 1. The average molecular weight is 153 g/mol. The van der Waals surface area contributed by atoms with Crippen LogP contribution in [0.3, 0.4) is 0 Å². The standard InChI is InChI=1S/C6H7N3S/c1-3-5(7-2)6-4-8-9-10-6/h1,4-5,7H,2H3. The van der Waals surface area contributed by atoms with Gasteiger partial charge in [0.25, 0.3) is 0 Å². The molecule has 0 bridgehead atoms. The molecule has 1 aromatic rings. The Labute approximate surface area is 63.6 Å². The Morgan fingerprint density at radius 1 is 1.90 bits per heavy atom. The van der Waals surface area contributed by atoms with E-state index in [9.17, 15) is 0 Å². The monoisotopic (exact) mass is 153 g/mol. The van der Waals surface area contributed by atoms with Crippen LogP contribution in [0.1, 0.15) is 10.9 Å². The molecular weight excluding hydrogens is 146 g/mol. The molecule has 0 aliphatic rings. The number of hydrogen-bond acceptors (Lipinski definition) is 4. The van der Waals surface area contributed by atoms with Crippen molar-refractivity contribution in [2.24, 2.45) is 0 Å². The zero-order chi connectivity index (χ0) is 7.40. The van der Waals surface area contributed by atoms with Crippen LogP contribution in [0.25, 0.3) is 0 Å². The summed E-state index contributed by atoms with van der Waals surface area (Å²) >= 11 is 1.31. The van der Waals surface area contributed by atoms with Gasteiger partial charge in [-0.05, 0) is 18.6 Å². The first kappa shape index (κ1) is 7.19. The second-order valence-electron chi connectivity index (χ2n) is 1.71. The molecule has 1 rings (SSSR count). The number of nitrogens with one attached hydrogen (secondary N) is 1. The normalized spacial score (nSPS) is 12.4. The van der Waals surface area contributed by atoms with Crippen LogP contribution >= 0.6 is 11.5 Å². The molecule has 0 aromatic carbocycles. The van der Waals surface area contributed by atoms with Gasteiger partial charge >= 0.3 is 0 Å². The minimum Gasteiger partial charge on any atom is -0.302 e. The summed E-state index contributed by atoms with van der Waals surface area (Å²) in [6, 6.07) is -0.0417. The average Bonchev–Trinajstić information content (AvgIpc) is 2.43. The summed E-state index contributed by atoms with van der Waals surface area (Å²) in [5.41, 5.74) is 0. The Morgan fingerprint density at radius 2 is 2.70 bits per heavy atom.